The molecular formula is C29H32N4O4. The highest BCUT2D eigenvalue weighted by Crippen LogP contribution is 2.34. The van der Waals surface area contributed by atoms with Crippen LogP contribution < -0.4 is 10.7 Å². The summed E-state index contributed by atoms with van der Waals surface area (Å²) in [7, 11) is 0. The highest BCUT2D eigenvalue weighted by atomic mass is 16.5. The van der Waals surface area contributed by atoms with Crippen LogP contribution >= 0.6 is 0 Å². The van der Waals surface area contributed by atoms with Gasteiger partial charge in [-0.1, -0.05) is 43.3 Å². The first-order chi connectivity index (χ1) is 18.1. The minimum Gasteiger partial charge on any atom is -0.466 e. The van der Waals surface area contributed by atoms with Crippen molar-refractivity contribution in [3.8, 4) is 22.6 Å². The Balaban J connectivity index is 1.58. The normalized spacial score (nSPS) is 10.8. The Morgan fingerprint density at radius 3 is 2.65 bits per heavy atom. The van der Waals surface area contributed by atoms with Gasteiger partial charge in [-0.15, -0.1) is 0 Å². The number of rotatable bonds is 13. The number of amides is 1. The number of oxazole rings is 1. The molecule has 0 atom stereocenters. The van der Waals surface area contributed by atoms with Crippen molar-refractivity contribution in [2.24, 2.45) is 0 Å². The maximum atomic E-state index is 11.6. The Morgan fingerprint density at radius 1 is 1.05 bits per heavy atom. The van der Waals surface area contributed by atoms with Crippen molar-refractivity contribution in [3.05, 3.63) is 66.7 Å². The number of nitrogens with one attached hydrogen (secondary N) is 2. The molecule has 0 aliphatic heterocycles. The van der Waals surface area contributed by atoms with E-state index in [0.717, 1.165) is 40.9 Å². The summed E-state index contributed by atoms with van der Waals surface area (Å²) in [5, 5.41) is 4.85. The van der Waals surface area contributed by atoms with Crippen molar-refractivity contribution >= 4 is 34.9 Å². The van der Waals surface area contributed by atoms with Gasteiger partial charge in [0.05, 0.1) is 17.9 Å². The van der Waals surface area contributed by atoms with Gasteiger partial charge in [0.1, 0.15) is 5.52 Å². The highest BCUT2D eigenvalue weighted by molar-refractivity contribution is 5.85. The number of aromatic nitrogens is 1. The number of benzene rings is 3. The molecule has 0 saturated carbocycles. The summed E-state index contributed by atoms with van der Waals surface area (Å²) in [4.78, 5) is 28.0. The van der Waals surface area contributed by atoms with Crippen molar-refractivity contribution in [2.45, 2.75) is 33.1 Å². The first-order valence-corrected chi connectivity index (χ1v) is 12.6. The number of ether oxygens (including phenoxy) is 1. The van der Waals surface area contributed by atoms with Gasteiger partial charge in [0, 0.05) is 25.2 Å². The van der Waals surface area contributed by atoms with Gasteiger partial charge in [-0.25, -0.2) is 4.98 Å². The van der Waals surface area contributed by atoms with Crippen LogP contribution in [-0.2, 0) is 14.3 Å². The summed E-state index contributed by atoms with van der Waals surface area (Å²) >= 11 is 0. The van der Waals surface area contributed by atoms with Gasteiger partial charge < -0.3 is 14.5 Å². The zero-order valence-corrected chi connectivity index (χ0v) is 21.2. The van der Waals surface area contributed by atoms with Crippen molar-refractivity contribution in [1.82, 2.24) is 9.99 Å². The van der Waals surface area contributed by atoms with Gasteiger partial charge in [0.15, 0.2) is 5.58 Å². The van der Waals surface area contributed by atoms with Crippen molar-refractivity contribution in [2.75, 3.05) is 30.4 Å². The van der Waals surface area contributed by atoms with E-state index in [2.05, 4.69) is 29.8 Å². The van der Waals surface area contributed by atoms with Crippen LogP contribution in [0.3, 0.4) is 0 Å². The molecule has 2 N–H and O–H groups in total. The molecule has 0 unspecified atom stereocenters. The van der Waals surface area contributed by atoms with Crippen molar-refractivity contribution in [1.29, 1.82) is 0 Å². The second kappa shape index (κ2) is 12.6. The number of hydrogen-bond donors (Lipinski definition) is 2. The summed E-state index contributed by atoms with van der Waals surface area (Å²) in [6.07, 6.45) is 2.41. The molecular weight excluding hydrogens is 468 g/mol. The fraction of sp³-hybridized carbons (Fsp3) is 0.276. The largest absolute Gasteiger partial charge is 0.466 e. The molecule has 0 aliphatic carbocycles. The standard InChI is InChI=1S/C29H32N4O4/c1-3-16-30-25-14-13-23(32-33(20-34)17-8-11-28(35)36-4-2)19-24(25)29-31-26-18-22(12-15-27(26)37-29)21-9-6-5-7-10-21/h5-7,9-10,12-15,18-20,30,32H,3-4,8,11,16-17H2,1-2H3. The molecule has 1 heterocycles. The lowest BCUT2D eigenvalue weighted by Gasteiger charge is -2.20. The zero-order valence-electron chi connectivity index (χ0n) is 21.2. The van der Waals surface area contributed by atoms with E-state index < -0.39 is 0 Å². The third-order valence-electron chi connectivity index (χ3n) is 5.80. The Labute approximate surface area is 216 Å². The summed E-state index contributed by atoms with van der Waals surface area (Å²) < 4.78 is 11.1. The molecule has 3 aromatic carbocycles. The van der Waals surface area contributed by atoms with E-state index in [1.165, 1.54) is 5.01 Å². The number of hydrogen-bond acceptors (Lipinski definition) is 7. The van der Waals surface area contributed by atoms with Crippen LogP contribution in [0, 0.1) is 0 Å². The molecule has 0 fully saturated rings. The summed E-state index contributed by atoms with van der Waals surface area (Å²) in [6, 6.07) is 21.9. The van der Waals surface area contributed by atoms with Crippen LogP contribution in [0.4, 0.5) is 11.4 Å². The molecule has 0 saturated heterocycles. The van der Waals surface area contributed by atoms with E-state index in [0.29, 0.717) is 43.1 Å². The number of fused-ring (bicyclic) bond motifs is 1. The molecule has 192 valence electrons. The minimum absolute atomic E-state index is 0.249. The van der Waals surface area contributed by atoms with E-state index in [4.69, 9.17) is 14.1 Å². The minimum atomic E-state index is -0.270. The van der Waals surface area contributed by atoms with Crippen LogP contribution in [0.25, 0.3) is 33.7 Å². The molecule has 0 spiro atoms. The van der Waals surface area contributed by atoms with Gasteiger partial charge in [-0.2, -0.15) is 0 Å². The second-order valence-corrected chi connectivity index (χ2v) is 8.57. The predicted molar refractivity (Wildman–Crippen MR) is 146 cm³/mol. The van der Waals surface area contributed by atoms with E-state index in [1.54, 1.807) is 6.92 Å². The van der Waals surface area contributed by atoms with Crippen molar-refractivity contribution in [3.63, 3.8) is 0 Å². The Hall–Kier alpha value is -4.33. The summed E-state index contributed by atoms with van der Waals surface area (Å²) in [5.74, 6) is 0.218. The van der Waals surface area contributed by atoms with Crippen LogP contribution in [-0.4, -0.2) is 42.1 Å². The van der Waals surface area contributed by atoms with E-state index in [-0.39, 0.29) is 12.4 Å². The van der Waals surface area contributed by atoms with Crippen LogP contribution in [0.5, 0.6) is 0 Å². The maximum Gasteiger partial charge on any atom is 0.305 e. The molecule has 1 aromatic heterocycles. The van der Waals surface area contributed by atoms with E-state index >= 15 is 0 Å². The molecule has 1 amide bonds. The van der Waals surface area contributed by atoms with Gasteiger partial charge in [-0.05, 0) is 61.2 Å². The molecule has 37 heavy (non-hydrogen) atoms. The topological polar surface area (TPSA) is 96.7 Å². The van der Waals surface area contributed by atoms with Gasteiger partial charge >= 0.3 is 5.97 Å². The van der Waals surface area contributed by atoms with Crippen molar-refractivity contribution < 1.29 is 18.7 Å². The second-order valence-electron chi connectivity index (χ2n) is 8.57. The number of carbonyl (C=O) groups is 2. The Bertz CT molecular complexity index is 1340. The number of anilines is 2. The highest BCUT2D eigenvalue weighted by Gasteiger charge is 2.15. The summed E-state index contributed by atoms with van der Waals surface area (Å²) in [6.45, 7) is 5.38. The molecule has 4 rings (SSSR count). The molecule has 4 aromatic rings. The third kappa shape index (κ3) is 6.67. The number of carbonyl (C=O) groups excluding carboxylic acids is 2. The molecule has 0 bridgehead atoms. The predicted octanol–water partition coefficient (Wildman–Crippen LogP) is 6.11. The number of hydrazine groups is 1. The van der Waals surface area contributed by atoms with Gasteiger partial charge in [-0.3, -0.25) is 20.0 Å². The fourth-order valence-electron chi connectivity index (χ4n) is 3.99. The molecule has 8 heteroatoms. The van der Waals surface area contributed by atoms with E-state index in [9.17, 15) is 9.59 Å². The SMILES string of the molecule is CCCNc1ccc(NN(C=O)CCCC(=O)OCC)cc1-c1nc2cc(-c3ccccc3)ccc2o1. The third-order valence-corrected chi connectivity index (χ3v) is 5.80. The van der Waals surface area contributed by atoms with Gasteiger partial charge in [0.25, 0.3) is 0 Å². The molecule has 8 nitrogen and oxygen atoms in total. The Kier molecular flexibility index (Phi) is 8.75. The van der Waals surface area contributed by atoms with Crippen LogP contribution in [0.1, 0.15) is 33.1 Å². The average molecular weight is 501 g/mol. The Morgan fingerprint density at radius 2 is 1.89 bits per heavy atom. The maximum absolute atomic E-state index is 11.6. The summed E-state index contributed by atoms with van der Waals surface area (Å²) in [5.41, 5.74) is 9.13. The van der Waals surface area contributed by atoms with E-state index in [1.807, 2.05) is 54.6 Å². The lowest BCUT2D eigenvalue weighted by Crippen LogP contribution is -2.30. The monoisotopic (exact) mass is 500 g/mol. The molecule has 0 aliphatic rings. The average Bonchev–Trinajstić information content (AvgIpc) is 3.35. The first kappa shape index (κ1) is 25.8. The first-order valence-electron chi connectivity index (χ1n) is 12.6. The fourth-order valence-corrected chi connectivity index (χ4v) is 3.99. The zero-order chi connectivity index (χ0) is 26.0. The lowest BCUT2D eigenvalue weighted by atomic mass is 10.1. The number of nitrogens with zero attached hydrogens (tertiary/aromatic N) is 2. The smallest absolute Gasteiger partial charge is 0.305 e. The number of esters is 1. The van der Waals surface area contributed by atoms with Crippen LogP contribution in [0.15, 0.2) is 71.1 Å². The van der Waals surface area contributed by atoms with Crippen LogP contribution in [0.2, 0.25) is 0 Å². The quantitative estimate of drug-likeness (QED) is 0.130. The van der Waals surface area contributed by atoms with Gasteiger partial charge in [0.2, 0.25) is 12.3 Å². The molecule has 0 radical (unpaired) electrons. The lowest BCUT2D eigenvalue weighted by molar-refractivity contribution is -0.143.